The van der Waals surface area contributed by atoms with Crippen molar-refractivity contribution in [2.24, 2.45) is 5.92 Å². The van der Waals surface area contributed by atoms with Crippen molar-refractivity contribution >= 4 is 0 Å². The summed E-state index contributed by atoms with van der Waals surface area (Å²) in [5.41, 5.74) is 3.54. The molecule has 2 aromatic rings. The highest BCUT2D eigenvalue weighted by atomic mass is 16.5. The van der Waals surface area contributed by atoms with Gasteiger partial charge in [-0.2, -0.15) is 0 Å². The summed E-state index contributed by atoms with van der Waals surface area (Å²) in [4.78, 5) is 14.5. The predicted molar refractivity (Wildman–Crippen MR) is 107 cm³/mol. The summed E-state index contributed by atoms with van der Waals surface area (Å²) in [5.74, 6) is 1.59. The fourth-order valence-electron chi connectivity index (χ4n) is 4.55. The lowest BCUT2D eigenvalue weighted by Gasteiger charge is -2.35. The summed E-state index contributed by atoms with van der Waals surface area (Å²) in [7, 11) is 1.79. The van der Waals surface area contributed by atoms with Crippen molar-refractivity contribution in [3.63, 3.8) is 0 Å². The molecule has 1 aromatic heterocycles. The molecule has 2 bridgehead atoms. The Morgan fingerprint density at radius 3 is 2.67 bits per heavy atom. The van der Waals surface area contributed by atoms with Gasteiger partial charge in [0.25, 0.3) is 0 Å². The van der Waals surface area contributed by atoms with E-state index in [0.29, 0.717) is 6.04 Å². The summed E-state index contributed by atoms with van der Waals surface area (Å²) >= 11 is 0. The number of aryl methyl sites for hydroxylation is 1. The topological polar surface area (TPSA) is 41.5 Å². The third-order valence-corrected chi connectivity index (χ3v) is 5.98. The van der Waals surface area contributed by atoms with Crippen molar-refractivity contribution in [3.05, 3.63) is 47.8 Å². The van der Waals surface area contributed by atoms with E-state index in [9.17, 15) is 0 Å². The number of ether oxygens (including phenoxy) is 1. The SMILES string of the molecule is COCCN1C[C@H]2CC[C@@H]1CN(Cc1cnc(-c3ccccc3C)nc1)C2. The van der Waals surface area contributed by atoms with Gasteiger partial charge >= 0.3 is 0 Å². The fourth-order valence-corrected chi connectivity index (χ4v) is 4.55. The third kappa shape index (κ3) is 4.37. The molecule has 3 aliphatic rings. The maximum absolute atomic E-state index is 5.30. The van der Waals surface area contributed by atoms with Crippen LogP contribution in [-0.2, 0) is 11.3 Å². The number of benzene rings is 1. The van der Waals surface area contributed by atoms with Crippen molar-refractivity contribution in [2.45, 2.75) is 32.4 Å². The summed E-state index contributed by atoms with van der Waals surface area (Å²) in [6.07, 6.45) is 6.68. The fraction of sp³-hybridized carbons (Fsp3) is 0.545. The Hall–Kier alpha value is -1.82. The van der Waals surface area contributed by atoms with Gasteiger partial charge in [-0.05, 0) is 31.2 Å². The minimum absolute atomic E-state index is 0.658. The van der Waals surface area contributed by atoms with Crippen LogP contribution in [0.2, 0.25) is 0 Å². The van der Waals surface area contributed by atoms with E-state index in [2.05, 4.69) is 44.9 Å². The quantitative estimate of drug-likeness (QED) is 0.786. The Kier molecular flexibility index (Phi) is 5.81. The number of nitrogens with zero attached hydrogens (tertiary/aromatic N) is 4. The number of piperidine rings is 1. The van der Waals surface area contributed by atoms with Crippen LogP contribution >= 0.6 is 0 Å². The van der Waals surface area contributed by atoms with Gasteiger partial charge in [-0.15, -0.1) is 0 Å². The molecular formula is C22H30N4O. The number of methoxy groups -OCH3 is 1. The largest absolute Gasteiger partial charge is 0.383 e. The van der Waals surface area contributed by atoms with Crippen LogP contribution in [-0.4, -0.2) is 65.7 Å². The zero-order valence-corrected chi connectivity index (χ0v) is 16.5. The molecule has 0 aliphatic carbocycles. The standard InChI is InChI=1S/C22H30N4O/c1-17-5-3-4-6-21(17)22-23-11-19(12-24-22)14-25-13-18-7-8-20(16-25)26(15-18)9-10-27-2/h3-6,11-12,18,20H,7-10,13-16H2,1-2H3/t18-,20+/m0/s1. The van der Waals surface area contributed by atoms with Crippen molar-refractivity contribution in [2.75, 3.05) is 39.9 Å². The van der Waals surface area contributed by atoms with E-state index in [-0.39, 0.29) is 0 Å². The molecule has 3 aliphatic heterocycles. The van der Waals surface area contributed by atoms with E-state index in [1.165, 1.54) is 37.1 Å². The second-order valence-corrected chi connectivity index (χ2v) is 8.01. The lowest BCUT2D eigenvalue weighted by Crippen LogP contribution is -2.45. The Labute approximate surface area is 162 Å². The Balaban J connectivity index is 1.41. The Morgan fingerprint density at radius 1 is 1.07 bits per heavy atom. The molecule has 27 heavy (non-hydrogen) atoms. The van der Waals surface area contributed by atoms with Crippen LogP contribution in [0.5, 0.6) is 0 Å². The molecule has 3 fully saturated rings. The zero-order chi connectivity index (χ0) is 18.6. The van der Waals surface area contributed by atoms with E-state index in [1.807, 2.05) is 18.5 Å². The van der Waals surface area contributed by atoms with Crippen molar-refractivity contribution < 1.29 is 4.74 Å². The van der Waals surface area contributed by atoms with Gasteiger partial charge in [0.1, 0.15) is 0 Å². The molecule has 3 saturated heterocycles. The Bertz CT molecular complexity index is 748. The molecule has 5 heteroatoms. The first kappa shape index (κ1) is 18.5. The molecular weight excluding hydrogens is 336 g/mol. The number of hydrogen-bond acceptors (Lipinski definition) is 5. The first-order valence-electron chi connectivity index (χ1n) is 10.0. The van der Waals surface area contributed by atoms with Crippen LogP contribution in [0.4, 0.5) is 0 Å². The van der Waals surface area contributed by atoms with Gasteiger partial charge in [0.2, 0.25) is 0 Å². The summed E-state index contributed by atoms with van der Waals surface area (Å²) < 4.78 is 5.30. The minimum atomic E-state index is 0.658. The van der Waals surface area contributed by atoms with Crippen molar-refractivity contribution in [1.82, 2.24) is 19.8 Å². The van der Waals surface area contributed by atoms with E-state index in [1.54, 1.807) is 7.11 Å². The minimum Gasteiger partial charge on any atom is -0.383 e. The maximum atomic E-state index is 5.30. The van der Waals surface area contributed by atoms with Crippen LogP contribution < -0.4 is 0 Å². The normalized spacial score (nSPS) is 23.5. The molecule has 5 nitrogen and oxygen atoms in total. The van der Waals surface area contributed by atoms with Crippen LogP contribution in [0.15, 0.2) is 36.7 Å². The second-order valence-electron chi connectivity index (χ2n) is 8.01. The Morgan fingerprint density at radius 2 is 1.89 bits per heavy atom. The van der Waals surface area contributed by atoms with Crippen LogP contribution in [0.1, 0.15) is 24.0 Å². The molecule has 0 spiro atoms. The van der Waals surface area contributed by atoms with Gasteiger partial charge in [0.05, 0.1) is 6.61 Å². The van der Waals surface area contributed by atoms with Gasteiger partial charge in [-0.3, -0.25) is 9.80 Å². The molecule has 144 valence electrons. The second kappa shape index (κ2) is 8.46. The zero-order valence-electron chi connectivity index (χ0n) is 16.5. The van der Waals surface area contributed by atoms with Gasteiger partial charge < -0.3 is 4.74 Å². The van der Waals surface area contributed by atoms with Crippen LogP contribution in [0.3, 0.4) is 0 Å². The number of aromatic nitrogens is 2. The average molecular weight is 367 g/mol. The maximum Gasteiger partial charge on any atom is 0.159 e. The lowest BCUT2D eigenvalue weighted by atomic mass is 9.95. The third-order valence-electron chi connectivity index (χ3n) is 5.98. The highest BCUT2D eigenvalue weighted by molar-refractivity contribution is 5.59. The molecule has 5 rings (SSSR count). The summed E-state index contributed by atoms with van der Waals surface area (Å²) in [6.45, 7) is 8.47. The van der Waals surface area contributed by atoms with Crippen molar-refractivity contribution in [1.29, 1.82) is 0 Å². The molecule has 0 unspecified atom stereocenters. The smallest absolute Gasteiger partial charge is 0.159 e. The molecule has 0 N–H and O–H groups in total. The molecule has 0 radical (unpaired) electrons. The van der Waals surface area contributed by atoms with Crippen molar-refractivity contribution in [3.8, 4) is 11.4 Å². The van der Waals surface area contributed by atoms with E-state index < -0.39 is 0 Å². The number of fused-ring (bicyclic) bond motifs is 4. The molecule has 4 heterocycles. The highest BCUT2D eigenvalue weighted by Crippen LogP contribution is 2.28. The highest BCUT2D eigenvalue weighted by Gasteiger charge is 2.34. The first-order chi connectivity index (χ1) is 13.2. The van der Waals surface area contributed by atoms with Gasteiger partial charge in [-0.25, -0.2) is 9.97 Å². The summed E-state index contributed by atoms with van der Waals surface area (Å²) in [5, 5.41) is 0. The van der Waals surface area contributed by atoms with E-state index in [4.69, 9.17) is 4.74 Å². The number of hydrogen-bond donors (Lipinski definition) is 0. The van der Waals surface area contributed by atoms with Gasteiger partial charge in [0.15, 0.2) is 5.82 Å². The molecule has 0 amide bonds. The average Bonchev–Trinajstić information content (AvgIpc) is 2.98. The van der Waals surface area contributed by atoms with Crippen LogP contribution in [0, 0.1) is 12.8 Å². The number of rotatable bonds is 6. The lowest BCUT2D eigenvalue weighted by molar-refractivity contribution is 0.0867. The van der Waals surface area contributed by atoms with Gasteiger partial charge in [-0.1, -0.05) is 24.3 Å². The van der Waals surface area contributed by atoms with E-state index >= 15 is 0 Å². The summed E-state index contributed by atoms with van der Waals surface area (Å²) in [6, 6.07) is 8.95. The molecule has 0 saturated carbocycles. The van der Waals surface area contributed by atoms with Crippen LogP contribution in [0.25, 0.3) is 11.4 Å². The molecule has 1 aromatic carbocycles. The predicted octanol–water partition coefficient (Wildman–Crippen LogP) is 2.99. The van der Waals surface area contributed by atoms with Gasteiger partial charge in [0, 0.05) is 69.4 Å². The first-order valence-corrected chi connectivity index (χ1v) is 10.0. The van der Waals surface area contributed by atoms with E-state index in [0.717, 1.165) is 43.5 Å². The molecule has 2 atom stereocenters. The monoisotopic (exact) mass is 366 g/mol.